The molecule has 6 nitrogen and oxygen atoms in total. The number of aromatic amines is 1. The quantitative estimate of drug-likeness (QED) is 0.472. The van der Waals surface area contributed by atoms with E-state index in [9.17, 15) is 4.79 Å². The first-order valence-corrected chi connectivity index (χ1v) is 11.7. The number of halogens is 1. The summed E-state index contributed by atoms with van der Waals surface area (Å²) in [6, 6.07) is 13.2. The van der Waals surface area contributed by atoms with Crippen LogP contribution < -0.4 is 0 Å². The Balaban J connectivity index is 1.38. The highest BCUT2D eigenvalue weighted by Gasteiger charge is 2.25. The van der Waals surface area contributed by atoms with Gasteiger partial charge < -0.3 is 9.64 Å². The Morgan fingerprint density at radius 2 is 1.77 bits per heavy atom. The van der Waals surface area contributed by atoms with E-state index in [4.69, 9.17) is 4.74 Å². The highest BCUT2D eigenvalue weighted by Crippen LogP contribution is 2.29. The minimum atomic E-state index is -0.449. The fourth-order valence-corrected chi connectivity index (χ4v) is 4.43. The van der Waals surface area contributed by atoms with Crippen LogP contribution in [0.4, 0.5) is 4.79 Å². The van der Waals surface area contributed by atoms with Crippen molar-refractivity contribution in [1.82, 2.24) is 20.0 Å². The molecule has 1 aliphatic heterocycles. The molecule has 0 aliphatic carbocycles. The van der Waals surface area contributed by atoms with Crippen LogP contribution in [-0.2, 0) is 11.3 Å². The fourth-order valence-electron chi connectivity index (χ4n) is 3.90. The van der Waals surface area contributed by atoms with Crippen molar-refractivity contribution in [2.75, 3.05) is 26.2 Å². The molecule has 0 atom stereocenters. The van der Waals surface area contributed by atoms with E-state index in [1.165, 1.54) is 27.6 Å². The molecule has 0 unspecified atom stereocenters. The predicted octanol–water partition coefficient (Wildman–Crippen LogP) is 5.20. The van der Waals surface area contributed by atoms with Crippen LogP contribution >= 0.6 is 22.6 Å². The number of amides is 1. The first-order chi connectivity index (χ1) is 14.7. The van der Waals surface area contributed by atoms with Crippen molar-refractivity contribution in [2.45, 2.75) is 39.8 Å². The molecular weight excluding hydrogens is 503 g/mol. The SMILES string of the molecule is Cc1cc(-c2ccc(CN3CCN(C(=O)OC(C)(C)C)CC3)cc2)cc2c(I)[nH]nc12. The minimum Gasteiger partial charge on any atom is -0.444 e. The number of rotatable bonds is 3. The van der Waals surface area contributed by atoms with Crippen molar-refractivity contribution in [3.05, 3.63) is 51.2 Å². The summed E-state index contributed by atoms with van der Waals surface area (Å²) in [4.78, 5) is 16.4. The number of hydrogen-bond acceptors (Lipinski definition) is 4. The summed E-state index contributed by atoms with van der Waals surface area (Å²) in [5, 5.41) is 8.63. The number of carbonyl (C=O) groups is 1. The number of nitrogens with zero attached hydrogens (tertiary/aromatic N) is 3. The second-order valence-electron chi connectivity index (χ2n) is 9.17. The summed E-state index contributed by atoms with van der Waals surface area (Å²) in [6.07, 6.45) is -0.212. The Bertz CT molecular complexity index is 1080. The Labute approximate surface area is 197 Å². The zero-order valence-corrected chi connectivity index (χ0v) is 20.7. The maximum Gasteiger partial charge on any atom is 0.410 e. The summed E-state index contributed by atoms with van der Waals surface area (Å²) < 4.78 is 6.55. The average Bonchev–Trinajstić information content (AvgIpc) is 3.09. The average molecular weight is 532 g/mol. The second kappa shape index (κ2) is 8.78. The van der Waals surface area contributed by atoms with E-state index in [1.807, 2.05) is 20.8 Å². The molecule has 0 spiro atoms. The van der Waals surface area contributed by atoms with Crippen molar-refractivity contribution in [3.63, 3.8) is 0 Å². The van der Waals surface area contributed by atoms with Crippen LogP contribution in [0.1, 0.15) is 31.9 Å². The van der Waals surface area contributed by atoms with Crippen molar-refractivity contribution in [3.8, 4) is 11.1 Å². The molecule has 1 N–H and O–H groups in total. The lowest BCUT2D eigenvalue weighted by molar-refractivity contribution is 0.0139. The zero-order valence-electron chi connectivity index (χ0n) is 18.5. The van der Waals surface area contributed by atoms with E-state index in [2.05, 4.69) is 81.0 Å². The molecule has 1 aliphatic rings. The Hall–Kier alpha value is -2.13. The van der Waals surface area contributed by atoms with Crippen molar-refractivity contribution in [1.29, 1.82) is 0 Å². The predicted molar refractivity (Wildman–Crippen MR) is 132 cm³/mol. The largest absolute Gasteiger partial charge is 0.444 e. The molecule has 7 heteroatoms. The van der Waals surface area contributed by atoms with Gasteiger partial charge in [0.15, 0.2) is 0 Å². The number of benzene rings is 2. The van der Waals surface area contributed by atoms with Crippen LogP contribution in [0.3, 0.4) is 0 Å². The van der Waals surface area contributed by atoms with Crippen LogP contribution in [0.25, 0.3) is 22.0 Å². The van der Waals surface area contributed by atoms with Gasteiger partial charge in [0, 0.05) is 38.1 Å². The van der Waals surface area contributed by atoms with Crippen molar-refractivity contribution >= 4 is 39.6 Å². The first-order valence-electron chi connectivity index (χ1n) is 10.6. The standard InChI is InChI=1S/C24H29IN4O2/c1-16-13-19(14-20-21(16)26-27-22(20)25)18-7-5-17(6-8-18)15-28-9-11-29(12-10-28)23(30)31-24(2,3)4/h5-8,13-14H,9-12,15H2,1-4H3,(H,26,27). The number of nitrogens with one attached hydrogen (secondary N) is 1. The number of aromatic nitrogens is 2. The number of ether oxygens (including phenoxy) is 1. The molecule has 0 saturated carbocycles. The monoisotopic (exact) mass is 532 g/mol. The van der Waals surface area contributed by atoms with Crippen molar-refractivity contribution < 1.29 is 9.53 Å². The summed E-state index contributed by atoms with van der Waals surface area (Å²) in [7, 11) is 0. The highest BCUT2D eigenvalue weighted by atomic mass is 127. The van der Waals surface area contributed by atoms with Gasteiger partial charge in [0.05, 0.1) is 5.52 Å². The van der Waals surface area contributed by atoms with Crippen LogP contribution in [0.5, 0.6) is 0 Å². The minimum absolute atomic E-state index is 0.212. The van der Waals surface area contributed by atoms with Gasteiger partial charge in [0.2, 0.25) is 0 Å². The fraction of sp³-hybridized carbons (Fsp3) is 0.417. The van der Waals surface area contributed by atoms with E-state index in [-0.39, 0.29) is 6.09 Å². The molecule has 0 radical (unpaired) electrons. The van der Waals surface area contributed by atoms with Gasteiger partial charge in [-0.3, -0.25) is 10.00 Å². The van der Waals surface area contributed by atoms with Gasteiger partial charge in [-0.15, -0.1) is 0 Å². The van der Waals surface area contributed by atoms with E-state index >= 15 is 0 Å². The molecule has 1 saturated heterocycles. The lowest BCUT2D eigenvalue weighted by Gasteiger charge is -2.35. The lowest BCUT2D eigenvalue weighted by Crippen LogP contribution is -2.49. The summed E-state index contributed by atoms with van der Waals surface area (Å²) in [5.74, 6) is 0. The molecule has 0 bridgehead atoms. The Kier molecular flexibility index (Phi) is 6.25. The first kappa shape index (κ1) is 22.1. The Morgan fingerprint density at radius 3 is 2.42 bits per heavy atom. The van der Waals surface area contributed by atoms with Gasteiger partial charge in [-0.1, -0.05) is 24.3 Å². The van der Waals surface area contributed by atoms with Gasteiger partial charge in [0.25, 0.3) is 0 Å². The second-order valence-corrected chi connectivity index (χ2v) is 10.2. The van der Waals surface area contributed by atoms with Crippen molar-refractivity contribution in [2.24, 2.45) is 0 Å². The van der Waals surface area contributed by atoms with Crippen LogP contribution in [0.15, 0.2) is 36.4 Å². The number of aryl methyl sites for hydroxylation is 1. The smallest absolute Gasteiger partial charge is 0.410 e. The molecule has 3 aromatic rings. The lowest BCUT2D eigenvalue weighted by atomic mass is 10.00. The molecule has 1 fully saturated rings. The van der Waals surface area contributed by atoms with E-state index in [0.29, 0.717) is 13.1 Å². The molecular formula is C24H29IN4O2. The molecule has 4 rings (SSSR count). The maximum absolute atomic E-state index is 12.2. The number of piperazine rings is 1. The maximum atomic E-state index is 12.2. The van der Waals surface area contributed by atoms with E-state index in [1.54, 1.807) is 4.90 Å². The van der Waals surface area contributed by atoms with E-state index in [0.717, 1.165) is 28.9 Å². The molecule has 2 aromatic carbocycles. The molecule has 164 valence electrons. The number of carbonyl (C=O) groups excluding carboxylic acids is 1. The van der Waals surface area contributed by atoms with Gasteiger partial charge in [0.1, 0.15) is 9.30 Å². The van der Waals surface area contributed by atoms with E-state index < -0.39 is 5.60 Å². The van der Waals surface area contributed by atoms with Crippen LogP contribution in [-0.4, -0.2) is 57.9 Å². The third-order valence-corrected chi connectivity index (χ3v) is 6.34. The van der Waals surface area contributed by atoms with Gasteiger partial charge in [-0.2, -0.15) is 5.10 Å². The number of fused-ring (bicyclic) bond motifs is 1. The summed E-state index contributed by atoms with van der Waals surface area (Å²) in [6.45, 7) is 11.8. The summed E-state index contributed by atoms with van der Waals surface area (Å²) in [5.41, 5.74) is 5.47. The Morgan fingerprint density at radius 1 is 1.10 bits per heavy atom. The molecule has 1 amide bonds. The summed E-state index contributed by atoms with van der Waals surface area (Å²) >= 11 is 2.30. The normalized spacial score (nSPS) is 15.5. The number of H-pyrrole nitrogens is 1. The molecule has 31 heavy (non-hydrogen) atoms. The molecule has 1 aromatic heterocycles. The number of hydrogen-bond donors (Lipinski definition) is 1. The third kappa shape index (κ3) is 5.20. The van der Waals surface area contributed by atoms with Gasteiger partial charge in [-0.05, 0) is 84.7 Å². The van der Waals surface area contributed by atoms with Gasteiger partial charge in [-0.25, -0.2) is 4.79 Å². The van der Waals surface area contributed by atoms with Crippen LogP contribution in [0, 0.1) is 10.6 Å². The third-order valence-electron chi connectivity index (χ3n) is 5.52. The topological polar surface area (TPSA) is 61.5 Å². The van der Waals surface area contributed by atoms with Crippen LogP contribution in [0.2, 0.25) is 0 Å². The van der Waals surface area contributed by atoms with Gasteiger partial charge >= 0.3 is 6.09 Å². The zero-order chi connectivity index (χ0) is 22.2. The highest BCUT2D eigenvalue weighted by molar-refractivity contribution is 14.1. The molecule has 2 heterocycles.